The molecule has 108 valence electrons. The van der Waals surface area contributed by atoms with Gasteiger partial charge in [0.05, 0.1) is 0 Å². The van der Waals surface area contributed by atoms with Gasteiger partial charge in [0.1, 0.15) is 5.56 Å². The Morgan fingerprint density at radius 2 is 2.19 bits per heavy atom. The molecule has 1 amide bonds. The highest BCUT2D eigenvalue weighted by Gasteiger charge is 2.16. The Labute approximate surface area is 122 Å². The van der Waals surface area contributed by atoms with E-state index in [4.69, 9.17) is 0 Å². The SMILES string of the molecule is Cc1cc(=O)c(C(=O)Nc2cccc3c2CCNC3)c[nH]1. The Kier molecular flexibility index (Phi) is 3.58. The molecule has 0 unspecified atom stereocenters. The van der Waals surface area contributed by atoms with E-state index in [0.717, 1.165) is 36.5 Å². The minimum absolute atomic E-state index is 0.132. The van der Waals surface area contributed by atoms with E-state index in [1.54, 1.807) is 6.92 Å². The average molecular weight is 283 g/mol. The second-order valence-electron chi connectivity index (χ2n) is 5.22. The van der Waals surface area contributed by atoms with Gasteiger partial charge in [0, 0.05) is 30.2 Å². The lowest BCUT2D eigenvalue weighted by molar-refractivity contribution is 0.102. The molecule has 2 aromatic rings. The summed E-state index contributed by atoms with van der Waals surface area (Å²) in [7, 11) is 0. The lowest BCUT2D eigenvalue weighted by atomic mass is 9.99. The molecule has 0 bridgehead atoms. The summed E-state index contributed by atoms with van der Waals surface area (Å²) in [5.74, 6) is -0.372. The number of H-pyrrole nitrogens is 1. The third kappa shape index (κ3) is 2.73. The number of anilines is 1. The second-order valence-corrected chi connectivity index (χ2v) is 5.22. The first-order valence-electron chi connectivity index (χ1n) is 6.97. The highest BCUT2D eigenvalue weighted by Crippen LogP contribution is 2.23. The standard InChI is InChI=1S/C16H17N3O2/c1-10-7-15(20)13(9-18-10)16(21)19-14-4-2-3-11-8-17-6-5-12(11)14/h2-4,7,9,17H,5-6,8H2,1H3,(H,18,20)(H,19,21). The molecule has 0 fully saturated rings. The van der Waals surface area contributed by atoms with Crippen LogP contribution in [0.1, 0.15) is 27.2 Å². The minimum Gasteiger partial charge on any atom is -0.364 e. The van der Waals surface area contributed by atoms with E-state index in [2.05, 4.69) is 21.7 Å². The number of hydrogen-bond acceptors (Lipinski definition) is 3. The van der Waals surface area contributed by atoms with Gasteiger partial charge in [-0.05, 0) is 37.1 Å². The van der Waals surface area contributed by atoms with Crippen molar-refractivity contribution < 1.29 is 4.79 Å². The van der Waals surface area contributed by atoms with Gasteiger partial charge >= 0.3 is 0 Å². The van der Waals surface area contributed by atoms with Crippen molar-refractivity contribution >= 4 is 11.6 Å². The molecule has 1 aromatic heterocycles. The number of aryl methyl sites for hydroxylation is 1. The molecule has 0 spiro atoms. The van der Waals surface area contributed by atoms with Gasteiger partial charge in [-0.3, -0.25) is 9.59 Å². The Hall–Kier alpha value is -2.40. The largest absolute Gasteiger partial charge is 0.364 e. The molecule has 1 aliphatic rings. The molecular weight excluding hydrogens is 266 g/mol. The van der Waals surface area contributed by atoms with Gasteiger partial charge < -0.3 is 15.6 Å². The van der Waals surface area contributed by atoms with Crippen molar-refractivity contribution in [1.82, 2.24) is 10.3 Å². The number of hydrogen-bond donors (Lipinski definition) is 3. The molecule has 0 atom stereocenters. The van der Waals surface area contributed by atoms with Crippen molar-refractivity contribution in [1.29, 1.82) is 0 Å². The van der Waals surface area contributed by atoms with Crippen LogP contribution in [0.15, 0.2) is 35.3 Å². The van der Waals surface area contributed by atoms with Gasteiger partial charge in [0.2, 0.25) is 0 Å². The maximum atomic E-state index is 12.3. The Balaban J connectivity index is 1.90. The fourth-order valence-corrected chi connectivity index (χ4v) is 2.59. The molecule has 5 nitrogen and oxygen atoms in total. The highest BCUT2D eigenvalue weighted by atomic mass is 16.2. The van der Waals surface area contributed by atoms with Crippen LogP contribution in [0.3, 0.4) is 0 Å². The lowest BCUT2D eigenvalue weighted by Gasteiger charge is -2.20. The van der Waals surface area contributed by atoms with E-state index in [9.17, 15) is 9.59 Å². The molecule has 5 heteroatoms. The Morgan fingerprint density at radius 3 is 3.00 bits per heavy atom. The van der Waals surface area contributed by atoms with E-state index in [-0.39, 0.29) is 16.9 Å². The number of carbonyl (C=O) groups is 1. The fourth-order valence-electron chi connectivity index (χ4n) is 2.59. The summed E-state index contributed by atoms with van der Waals surface area (Å²) in [5.41, 5.74) is 3.73. The molecule has 0 saturated heterocycles. The van der Waals surface area contributed by atoms with Gasteiger partial charge in [-0.25, -0.2) is 0 Å². The van der Waals surface area contributed by atoms with Gasteiger partial charge in [0.15, 0.2) is 5.43 Å². The maximum Gasteiger partial charge on any atom is 0.261 e. The molecule has 3 rings (SSSR count). The smallest absolute Gasteiger partial charge is 0.261 e. The summed E-state index contributed by atoms with van der Waals surface area (Å²) in [6.07, 6.45) is 2.33. The van der Waals surface area contributed by atoms with Crippen LogP contribution in [0, 0.1) is 6.92 Å². The number of benzene rings is 1. The topological polar surface area (TPSA) is 74.0 Å². The van der Waals surface area contributed by atoms with Crippen LogP contribution in [-0.4, -0.2) is 17.4 Å². The quantitative estimate of drug-likeness (QED) is 0.783. The summed E-state index contributed by atoms with van der Waals surface area (Å²) < 4.78 is 0. The third-order valence-electron chi connectivity index (χ3n) is 3.69. The summed E-state index contributed by atoms with van der Waals surface area (Å²) in [5, 5.41) is 6.16. The normalized spacial score (nSPS) is 13.6. The van der Waals surface area contributed by atoms with Gasteiger partial charge in [0.25, 0.3) is 5.91 Å². The van der Waals surface area contributed by atoms with Crippen molar-refractivity contribution in [3.05, 3.63) is 63.1 Å². The molecule has 0 radical (unpaired) electrons. The summed E-state index contributed by atoms with van der Waals surface area (Å²) in [6.45, 7) is 3.48. The van der Waals surface area contributed by atoms with Crippen LogP contribution in [0.5, 0.6) is 0 Å². The van der Waals surface area contributed by atoms with Crippen LogP contribution in [0.25, 0.3) is 0 Å². The zero-order valence-corrected chi connectivity index (χ0v) is 11.8. The van der Waals surface area contributed by atoms with E-state index >= 15 is 0 Å². The first kappa shape index (κ1) is 13.6. The lowest BCUT2D eigenvalue weighted by Crippen LogP contribution is -2.26. The molecule has 0 aliphatic carbocycles. The van der Waals surface area contributed by atoms with Crippen LogP contribution >= 0.6 is 0 Å². The summed E-state index contributed by atoms with van der Waals surface area (Å²) >= 11 is 0. The number of rotatable bonds is 2. The van der Waals surface area contributed by atoms with E-state index < -0.39 is 0 Å². The number of fused-ring (bicyclic) bond motifs is 1. The minimum atomic E-state index is -0.372. The fraction of sp³-hybridized carbons (Fsp3) is 0.250. The van der Waals surface area contributed by atoms with E-state index in [1.165, 1.54) is 17.8 Å². The predicted molar refractivity (Wildman–Crippen MR) is 81.6 cm³/mol. The number of aromatic nitrogens is 1. The number of amides is 1. The Bertz CT molecular complexity index is 749. The molecule has 21 heavy (non-hydrogen) atoms. The van der Waals surface area contributed by atoms with Crippen molar-refractivity contribution in [2.45, 2.75) is 19.9 Å². The number of aromatic amines is 1. The van der Waals surface area contributed by atoms with Gasteiger partial charge in [-0.1, -0.05) is 12.1 Å². The summed E-state index contributed by atoms with van der Waals surface area (Å²) in [4.78, 5) is 27.1. The number of nitrogens with one attached hydrogen (secondary N) is 3. The van der Waals surface area contributed by atoms with Crippen LogP contribution in [0.2, 0.25) is 0 Å². The van der Waals surface area contributed by atoms with E-state index in [0.29, 0.717) is 0 Å². The Morgan fingerprint density at radius 1 is 1.33 bits per heavy atom. The predicted octanol–water partition coefficient (Wildman–Crippen LogP) is 1.58. The van der Waals surface area contributed by atoms with Crippen molar-refractivity contribution in [3.63, 3.8) is 0 Å². The third-order valence-corrected chi connectivity index (χ3v) is 3.69. The van der Waals surface area contributed by atoms with Crippen LogP contribution < -0.4 is 16.1 Å². The molecule has 1 aromatic carbocycles. The zero-order valence-electron chi connectivity index (χ0n) is 11.8. The zero-order chi connectivity index (χ0) is 14.8. The number of pyridine rings is 1. The maximum absolute atomic E-state index is 12.3. The first-order chi connectivity index (χ1) is 10.1. The van der Waals surface area contributed by atoms with Crippen LogP contribution in [0.4, 0.5) is 5.69 Å². The average Bonchev–Trinajstić information content (AvgIpc) is 2.47. The monoisotopic (exact) mass is 283 g/mol. The van der Waals surface area contributed by atoms with Gasteiger partial charge in [-0.2, -0.15) is 0 Å². The van der Waals surface area contributed by atoms with Crippen molar-refractivity contribution in [2.24, 2.45) is 0 Å². The number of carbonyl (C=O) groups excluding carboxylic acids is 1. The van der Waals surface area contributed by atoms with Gasteiger partial charge in [-0.15, -0.1) is 0 Å². The molecule has 3 N–H and O–H groups in total. The van der Waals surface area contributed by atoms with Crippen molar-refractivity contribution in [3.8, 4) is 0 Å². The van der Waals surface area contributed by atoms with Crippen molar-refractivity contribution in [2.75, 3.05) is 11.9 Å². The van der Waals surface area contributed by atoms with E-state index in [1.807, 2.05) is 12.1 Å². The molecular formula is C16H17N3O2. The molecule has 1 aliphatic heterocycles. The second kappa shape index (κ2) is 5.54. The van der Waals surface area contributed by atoms with Crippen LogP contribution in [-0.2, 0) is 13.0 Å². The first-order valence-corrected chi connectivity index (χ1v) is 6.97. The highest BCUT2D eigenvalue weighted by molar-refractivity contribution is 6.04. The summed E-state index contributed by atoms with van der Waals surface area (Å²) in [6, 6.07) is 7.28. The molecule has 0 saturated carbocycles. The molecule has 2 heterocycles.